The van der Waals surface area contributed by atoms with Crippen LogP contribution in [0.1, 0.15) is 40.5 Å². The Balaban J connectivity index is 2.97. The summed E-state index contributed by atoms with van der Waals surface area (Å²) in [6.45, 7) is 8.05. The molecule has 13 heavy (non-hydrogen) atoms. The summed E-state index contributed by atoms with van der Waals surface area (Å²) in [6.07, 6.45) is 1.63. The van der Waals surface area contributed by atoms with Crippen LogP contribution < -0.4 is 0 Å². The van der Waals surface area contributed by atoms with E-state index >= 15 is 0 Å². The van der Waals surface area contributed by atoms with Crippen molar-refractivity contribution in [1.29, 1.82) is 0 Å². The molecule has 3 unspecified atom stereocenters. The lowest BCUT2D eigenvalue weighted by molar-refractivity contribution is 0.480. The Morgan fingerprint density at radius 1 is 1.38 bits per heavy atom. The molecule has 1 saturated heterocycles. The van der Waals surface area contributed by atoms with E-state index in [0.717, 1.165) is 12.8 Å². The fourth-order valence-electron chi connectivity index (χ4n) is 2.49. The summed E-state index contributed by atoms with van der Waals surface area (Å²) in [4.78, 5) is 0. The van der Waals surface area contributed by atoms with Crippen LogP contribution in [0.3, 0.4) is 0 Å². The molecule has 0 spiro atoms. The highest BCUT2D eigenvalue weighted by Crippen LogP contribution is 2.37. The third-order valence-electron chi connectivity index (χ3n) is 3.23. The maximum Gasteiger partial charge on any atom is 0.156 e. The molecule has 3 atom stereocenters. The lowest BCUT2D eigenvalue weighted by Gasteiger charge is -2.15. The van der Waals surface area contributed by atoms with E-state index in [2.05, 4.69) is 6.92 Å². The lowest BCUT2D eigenvalue weighted by atomic mass is 9.96. The van der Waals surface area contributed by atoms with Gasteiger partial charge in [0.15, 0.2) is 9.84 Å². The maximum absolute atomic E-state index is 12.0. The highest BCUT2D eigenvalue weighted by molar-refractivity contribution is 7.92. The molecule has 0 saturated carbocycles. The molecule has 0 radical (unpaired) electrons. The third-order valence-corrected chi connectivity index (χ3v) is 6.45. The Morgan fingerprint density at radius 3 is 2.15 bits per heavy atom. The molecule has 0 aromatic heterocycles. The van der Waals surface area contributed by atoms with E-state index in [1.54, 1.807) is 0 Å². The Hall–Kier alpha value is -0.0500. The molecule has 1 heterocycles. The highest BCUT2D eigenvalue weighted by atomic mass is 32.2. The first kappa shape index (κ1) is 11.0. The van der Waals surface area contributed by atoms with Crippen LogP contribution in [0.25, 0.3) is 0 Å². The Morgan fingerprint density at radius 2 is 1.92 bits per heavy atom. The lowest BCUT2D eigenvalue weighted by Crippen LogP contribution is -2.27. The van der Waals surface area contributed by atoms with Gasteiger partial charge in [0.2, 0.25) is 0 Å². The van der Waals surface area contributed by atoms with Crippen molar-refractivity contribution in [3.05, 3.63) is 0 Å². The minimum Gasteiger partial charge on any atom is -0.228 e. The molecule has 0 aliphatic carbocycles. The second-order valence-corrected chi connectivity index (χ2v) is 6.92. The average Bonchev–Trinajstić information content (AvgIpc) is 2.21. The first-order valence-corrected chi connectivity index (χ1v) is 6.74. The fraction of sp³-hybridized carbons (Fsp3) is 1.00. The summed E-state index contributed by atoms with van der Waals surface area (Å²) < 4.78 is 24.0. The maximum atomic E-state index is 12.0. The summed E-state index contributed by atoms with van der Waals surface area (Å²) in [6, 6.07) is 0. The van der Waals surface area contributed by atoms with E-state index in [-0.39, 0.29) is 16.4 Å². The zero-order valence-corrected chi connectivity index (χ0v) is 9.76. The number of hydrogen-bond donors (Lipinski definition) is 0. The fourth-order valence-corrected chi connectivity index (χ4v) is 5.49. The van der Waals surface area contributed by atoms with Crippen LogP contribution in [0, 0.1) is 11.8 Å². The predicted octanol–water partition coefficient (Wildman–Crippen LogP) is 2.24. The molecule has 0 aromatic carbocycles. The second-order valence-electron chi connectivity index (χ2n) is 4.53. The van der Waals surface area contributed by atoms with Crippen LogP contribution in [0.15, 0.2) is 0 Å². The van der Waals surface area contributed by atoms with Gasteiger partial charge in [-0.2, -0.15) is 0 Å². The third kappa shape index (κ3) is 1.76. The van der Waals surface area contributed by atoms with Crippen molar-refractivity contribution < 1.29 is 8.42 Å². The summed E-state index contributed by atoms with van der Waals surface area (Å²) in [7, 11) is -2.83. The van der Waals surface area contributed by atoms with Gasteiger partial charge in [-0.25, -0.2) is 8.42 Å². The smallest absolute Gasteiger partial charge is 0.156 e. The first-order chi connectivity index (χ1) is 5.91. The quantitative estimate of drug-likeness (QED) is 0.691. The molecule has 78 valence electrons. The Bertz CT molecular complexity index is 267. The van der Waals surface area contributed by atoms with E-state index in [4.69, 9.17) is 0 Å². The molecule has 3 heteroatoms. The number of sulfone groups is 1. The predicted molar refractivity (Wildman–Crippen MR) is 55.4 cm³/mol. The van der Waals surface area contributed by atoms with Gasteiger partial charge in [0, 0.05) is 0 Å². The average molecular weight is 204 g/mol. The SMILES string of the molecule is CCC1C(C)CC(C(C)C)S1(=O)=O. The van der Waals surface area contributed by atoms with Gasteiger partial charge in [0.1, 0.15) is 0 Å². The molecular formula is C10H20O2S. The van der Waals surface area contributed by atoms with Gasteiger partial charge >= 0.3 is 0 Å². The van der Waals surface area contributed by atoms with Gasteiger partial charge in [-0.05, 0) is 24.7 Å². The minimum atomic E-state index is -2.83. The van der Waals surface area contributed by atoms with E-state index < -0.39 is 9.84 Å². The van der Waals surface area contributed by atoms with Crippen LogP contribution in [0.4, 0.5) is 0 Å². The molecular weight excluding hydrogens is 184 g/mol. The highest BCUT2D eigenvalue weighted by Gasteiger charge is 2.45. The van der Waals surface area contributed by atoms with E-state index in [1.165, 1.54) is 0 Å². The molecule has 1 aliphatic rings. The molecule has 0 bridgehead atoms. The summed E-state index contributed by atoms with van der Waals surface area (Å²) in [5.41, 5.74) is 0. The normalized spacial score (nSPS) is 38.4. The van der Waals surface area contributed by atoms with Crippen molar-refractivity contribution in [3.8, 4) is 0 Å². The molecule has 0 N–H and O–H groups in total. The van der Waals surface area contributed by atoms with Crippen molar-refractivity contribution in [2.24, 2.45) is 11.8 Å². The minimum absolute atomic E-state index is 0.0834. The number of hydrogen-bond acceptors (Lipinski definition) is 2. The van der Waals surface area contributed by atoms with Crippen LogP contribution >= 0.6 is 0 Å². The van der Waals surface area contributed by atoms with Crippen molar-refractivity contribution in [2.45, 2.75) is 51.0 Å². The second kappa shape index (κ2) is 3.60. The summed E-state index contributed by atoms with van der Waals surface area (Å²) >= 11 is 0. The monoisotopic (exact) mass is 204 g/mol. The van der Waals surface area contributed by atoms with Crippen LogP contribution in [0.2, 0.25) is 0 Å². The van der Waals surface area contributed by atoms with Crippen LogP contribution in [-0.2, 0) is 9.84 Å². The van der Waals surface area contributed by atoms with Crippen molar-refractivity contribution in [3.63, 3.8) is 0 Å². The summed E-state index contributed by atoms with van der Waals surface area (Å²) in [5, 5.41) is -0.174. The first-order valence-electron chi connectivity index (χ1n) is 5.14. The van der Waals surface area contributed by atoms with Gasteiger partial charge in [0.05, 0.1) is 10.5 Å². The zero-order valence-electron chi connectivity index (χ0n) is 8.95. The zero-order chi connectivity index (χ0) is 10.2. The van der Waals surface area contributed by atoms with Crippen molar-refractivity contribution >= 4 is 9.84 Å². The van der Waals surface area contributed by atoms with Crippen LogP contribution in [0.5, 0.6) is 0 Å². The standard InChI is InChI=1S/C10H20O2S/c1-5-9-8(4)6-10(7(2)3)13(9,11)12/h7-10H,5-6H2,1-4H3. The molecule has 2 nitrogen and oxygen atoms in total. The Labute approximate surface area is 81.6 Å². The largest absolute Gasteiger partial charge is 0.228 e. The summed E-state index contributed by atoms with van der Waals surface area (Å²) in [5.74, 6) is 0.617. The van der Waals surface area contributed by atoms with Gasteiger partial charge < -0.3 is 0 Å². The molecule has 0 aromatic rings. The Kier molecular flexibility index (Phi) is 3.05. The van der Waals surface area contributed by atoms with Crippen LogP contribution in [-0.4, -0.2) is 18.9 Å². The molecule has 0 amide bonds. The van der Waals surface area contributed by atoms with Gasteiger partial charge in [-0.15, -0.1) is 0 Å². The van der Waals surface area contributed by atoms with Crippen molar-refractivity contribution in [1.82, 2.24) is 0 Å². The van der Waals surface area contributed by atoms with Gasteiger partial charge in [-0.1, -0.05) is 27.7 Å². The van der Waals surface area contributed by atoms with E-state index in [0.29, 0.717) is 5.92 Å². The van der Waals surface area contributed by atoms with Crippen molar-refractivity contribution in [2.75, 3.05) is 0 Å². The topological polar surface area (TPSA) is 34.1 Å². The molecule has 1 rings (SSSR count). The van der Waals surface area contributed by atoms with E-state index in [1.807, 2.05) is 20.8 Å². The molecule has 1 fully saturated rings. The van der Waals surface area contributed by atoms with Gasteiger partial charge in [-0.3, -0.25) is 0 Å². The number of rotatable bonds is 2. The molecule has 1 aliphatic heterocycles. The van der Waals surface area contributed by atoms with Gasteiger partial charge in [0.25, 0.3) is 0 Å². The van der Waals surface area contributed by atoms with E-state index in [9.17, 15) is 8.42 Å².